The Bertz CT molecular complexity index is 73.9. The summed E-state index contributed by atoms with van der Waals surface area (Å²) in [5.41, 5.74) is 0. The Morgan fingerprint density at radius 3 is 1.15 bits per heavy atom. The second kappa shape index (κ2) is 9.96. The highest BCUT2D eigenvalue weighted by molar-refractivity contribution is 4.43. The fourth-order valence-electron chi connectivity index (χ4n) is 1.11. The third-order valence-corrected chi connectivity index (χ3v) is 2.09. The van der Waals surface area contributed by atoms with Crippen molar-refractivity contribution in [2.24, 2.45) is 0 Å². The molecule has 1 rings (SSSR count). The maximum atomic E-state index is 4.94. The van der Waals surface area contributed by atoms with Crippen molar-refractivity contribution in [3.63, 3.8) is 0 Å². The first-order valence-corrected chi connectivity index (χ1v) is 5.22. The van der Waals surface area contributed by atoms with E-state index in [-0.39, 0.29) is 0 Å². The molecule has 0 radical (unpaired) electrons. The van der Waals surface area contributed by atoms with Crippen LogP contribution in [0.25, 0.3) is 0 Å². The normalized spacial score (nSPS) is 16.6. The molecule has 1 fully saturated rings. The molecule has 0 aromatic rings. The lowest BCUT2D eigenvalue weighted by Crippen LogP contribution is -2.21. The Morgan fingerprint density at radius 2 is 1.08 bits per heavy atom. The minimum absolute atomic E-state index is 0.778. The molecule has 1 heterocycles. The molecule has 1 aliphatic heterocycles. The number of hydrogen-bond acceptors (Lipinski definition) is 3. The molecule has 13 heavy (non-hydrogen) atoms. The number of hydrogen-bond donors (Lipinski definition) is 0. The molecular formula is C10H23NO2. The van der Waals surface area contributed by atoms with E-state index in [1.54, 1.807) is 0 Å². The van der Waals surface area contributed by atoms with Crippen molar-refractivity contribution in [2.75, 3.05) is 46.1 Å². The molecule has 0 aromatic heterocycles. The molecule has 1 aliphatic rings. The van der Waals surface area contributed by atoms with Gasteiger partial charge in [0.1, 0.15) is 0 Å². The van der Waals surface area contributed by atoms with Crippen molar-refractivity contribution < 1.29 is 9.47 Å². The fraction of sp³-hybridized carbons (Fsp3) is 1.00. The zero-order chi connectivity index (χ0) is 9.94. The second-order valence-electron chi connectivity index (χ2n) is 2.84. The predicted octanol–water partition coefficient (Wildman–Crippen LogP) is 1.38. The van der Waals surface area contributed by atoms with Crippen LogP contribution in [0.2, 0.25) is 0 Å². The smallest absolute Gasteiger partial charge is 0.0701 e. The van der Waals surface area contributed by atoms with E-state index >= 15 is 0 Å². The van der Waals surface area contributed by atoms with Crippen LogP contribution in [0.5, 0.6) is 0 Å². The molecule has 3 nitrogen and oxygen atoms in total. The van der Waals surface area contributed by atoms with Gasteiger partial charge in [0, 0.05) is 0 Å². The molecular weight excluding hydrogens is 166 g/mol. The molecule has 0 saturated carbocycles. The lowest BCUT2D eigenvalue weighted by atomic mass is 10.5. The van der Waals surface area contributed by atoms with E-state index < -0.39 is 0 Å². The minimum Gasteiger partial charge on any atom is -0.377 e. The zero-order valence-corrected chi connectivity index (χ0v) is 9.21. The number of rotatable bonds is 3. The van der Waals surface area contributed by atoms with Gasteiger partial charge in [0.15, 0.2) is 0 Å². The van der Waals surface area contributed by atoms with E-state index in [0.717, 1.165) is 26.4 Å². The molecule has 0 amide bonds. The van der Waals surface area contributed by atoms with Crippen LogP contribution in [0.3, 0.4) is 0 Å². The average molecular weight is 189 g/mol. The number of nitrogens with zero attached hydrogens (tertiary/aromatic N) is 1. The molecule has 0 spiro atoms. The van der Waals surface area contributed by atoms with Gasteiger partial charge in [-0.25, -0.2) is 0 Å². The Morgan fingerprint density at radius 1 is 0.769 bits per heavy atom. The van der Waals surface area contributed by atoms with Crippen molar-refractivity contribution in [3.8, 4) is 0 Å². The summed E-state index contributed by atoms with van der Waals surface area (Å²) in [6, 6.07) is 0. The highest BCUT2D eigenvalue weighted by Crippen LogP contribution is 1.85. The van der Waals surface area contributed by atoms with E-state index in [1.165, 1.54) is 19.6 Å². The van der Waals surface area contributed by atoms with Gasteiger partial charge in [0.2, 0.25) is 0 Å². The Balaban J connectivity index is 0.000000223. The molecule has 3 heteroatoms. The van der Waals surface area contributed by atoms with Crippen LogP contribution >= 0.6 is 0 Å². The summed E-state index contributed by atoms with van der Waals surface area (Å²) in [7, 11) is 0. The van der Waals surface area contributed by atoms with Crippen LogP contribution in [0, 0.1) is 0 Å². The molecule has 0 N–H and O–H groups in total. The summed E-state index contributed by atoms with van der Waals surface area (Å²) in [6.07, 6.45) is 0. The summed E-state index contributed by atoms with van der Waals surface area (Å²) in [4.78, 5) is 2.38. The van der Waals surface area contributed by atoms with Crippen molar-refractivity contribution in [3.05, 3.63) is 0 Å². The summed E-state index contributed by atoms with van der Waals surface area (Å²) < 4.78 is 9.89. The van der Waals surface area contributed by atoms with Gasteiger partial charge in [0.05, 0.1) is 26.4 Å². The number of ether oxygens (including phenoxy) is 2. The summed E-state index contributed by atoms with van der Waals surface area (Å²) in [6.45, 7) is 13.2. The highest BCUT2D eigenvalue weighted by Gasteiger charge is 1.94. The van der Waals surface area contributed by atoms with E-state index in [0.29, 0.717) is 0 Å². The van der Waals surface area contributed by atoms with Gasteiger partial charge < -0.3 is 14.4 Å². The first-order valence-electron chi connectivity index (χ1n) is 5.22. The van der Waals surface area contributed by atoms with Gasteiger partial charge in [-0.05, 0) is 19.6 Å². The highest BCUT2D eigenvalue weighted by atomic mass is 16.6. The van der Waals surface area contributed by atoms with Crippen LogP contribution in [0.15, 0.2) is 0 Å². The zero-order valence-electron chi connectivity index (χ0n) is 9.21. The van der Waals surface area contributed by atoms with Gasteiger partial charge in [-0.1, -0.05) is 20.8 Å². The minimum atomic E-state index is 0.778. The van der Waals surface area contributed by atoms with Crippen LogP contribution in [0.4, 0.5) is 0 Å². The van der Waals surface area contributed by atoms with Gasteiger partial charge >= 0.3 is 0 Å². The van der Waals surface area contributed by atoms with Gasteiger partial charge in [-0.3, -0.25) is 0 Å². The molecule has 0 atom stereocenters. The van der Waals surface area contributed by atoms with Crippen molar-refractivity contribution in [1.29, 1.82) is 0 Å². The average Bonchev–Trinajstić information content (AvgIpc) is 2.24. The van der Waals surface area contributed by atoms with Gasteiger partial charge in [-0.15, -0.1) is 0 Å². The quantitative estimate of drug-likeness (QED) is 0.669. The van der Waals surface area contributed by atoms with Crippen LogP contribution in [-0.2, 0) is 9.47 Å². The van der Waals surface area contributed by atoms with Crippen LogP contribution < -0.4 is 0 Å². The first kappa shape index (κ1) is 12.9. The molecule has 0 bridgehead atoms. The van der Waals surface area contributed by atoms with Crippen LogP contribution in [0.1, 0.15) is 20.8 Å². The Labute approximate surface area is 82.0 Å². The third kappa shape index (κ3) is 8.22. The van der Waals surface area contributed by atoms with E-state index in [9.17, 15) is 0 Å². The lowest BCUT2D eigenvalue weighted by Gasteiger charge is -2.13. The molecule has 1 saturated heterocycles. The SMILES string of the molecule is C1COCCO1.CCN(CC)CC. The van der Waals surface area contributed by atoms with Crippen molar-refractivity contribution in [2.45, 2.75) is 20.8 Å². The van der Waals surface area contributed by atoms with Crippen LogP contribution in [-0.4, -0.2) is 51.0 Å². The third-order valence-electron chi connectivity index (χ3n) is 2.09. The lowest BCUT2D eigenvalue weighted by molar-refractivity contribution is -0.0334. The largest absolute Gasteiger partial charge is 0.377 e. The van der Waals surface area contributed by atoms with E-state index in [1.807, 2.05) is 0 Å². The molecule has 80 valence electrons. The summed E-state index contributed by atoms with van der Waals surface area (Å²) in [5.74, 6) is 0. The topological polar surface area (TPSA) is 21.7 Å². The Hall–Kier alpha value is -0.120. The van der Waals surface area contributed by atoms with E-state index in [2.05, 4.69) is 25.7 Å². The standard InChI is InChI=1S/C6H15N.C4H8O2/c1-4-7(5-2)6-3;1-2-6-4-3-5-1/h4-6H2,1-3H3;1-4H2. The molecule has 0 aliphatic carbocycles. The van der Waals surface area contributed by atoms with Gasteiger partial charge in [-0.2, -0.15) is 0 Å². The van der Waals surface area contributed by atoms with Crippen molar-refractivity contribution >= 4 is 0 Å². The molecule has 0 aromatic carbocycles. The maximum Gasteiger partial charge on any atom is 0.0701 e. The monoisotopic (exact) mass is 189 g/mol. The maximum absolute atomic E-state index is 4.94. The summed E-state index contributed by atoms with van der Waals surface area (Å²) in [5, 5.41) is 0. The molecule has 0 unspecified atom stereocenters. The first-order chi connectivity index (χ1) is 6.35. The fourth-order valence-corrected chi connectivity index (χ4v) is 1.11. The second-order valence-corrected chi connectivity index (χ2v) is 2.84. The van der Waals surface area contributed by atoms with E-state index in [4.69, 9.17) is 9.47 Å². The van der Waals surface area contributed by atoms with Crippen molar-refractivity contribution in [1.82, 2.24) is 4.90 Å². The van der Waals surface area contributed by atoms with Gasteiger partial charge in [0.25, 0.3) is 0 Å². The summed E-state index contributed by atoms with van der Waals surface area (Å²) >= 11 is 0. The predicted molar refractivity (Wildman–Crippen MR) is 55.1 cm³/mol. The Kier molecular flexibility index (Phi) is 9.87.